The summed E-state index contributed by atoms with van der Waals surface area (Å²) in [4.78, 5) is 2.40. The van der Waals surface area contributed by atoms with Gasteiger partial charge in [-0.25, -0.2) is 0 Å². The summed E-state index contributed by atoms with van der Waals surface area (Å²) in [6, 6.07) is 0. The standard InChI is InChI=1S/C11H26N2S/c1-11(2,9-12)10-13(3)7-5-6-8-14-4/h5-10,12H2,1-4H3. The molecule has 0 aromatic carbocycles. The van der Waals surface area contributed by atoms with Gasteiger partial charge < -0.3 is 10.6 Å². The van der Waals surface area contributed by atoms with Crippen LogP contribution in [0.1, 0.15) is 26.7 Å². The molecule has 0 aromatic heterocycles. The van der Waals surface area contributed by atoms with E-state index in [9.17, 15) is 0 Å². The predicted molar refractivity (Wildman–Crippen MR) is 67.9 cm³/mol. The van der Waals surface area contributed by atoms with Gasteiger partial charge in [0.05, 0.1) is 0 Å². The molecule has 0 rings (SSSR count). The smallest absolute Gasteiger partial charge is 0.00417 e. The van der Waals surface area contributed by atoms with E-state index in [-0.39, 0.29) is 5.41 Å². The van der Waals surface area contributed by atoms with Gasteiger partial charge in [-0.3, -0.25) is 0 Å². The summed E-state index contributed by atoms with van der Waals surface area (Å²) >= 11 is 1.93. The van der Waals surface area contributed by atoms with Gasteiger partial charge in [0.15, 0.2) is 0 Å². The largest absolute Gasteiger partial charge is 0.330 e. The van der Waals surface area contributed by atoms with Gasteiger partial charge in [-0.1, -0.05) is 13.8 Å². The Labute approximate surface area is 93.6 Å². The van der Waals surface area contributed by atoms with Crippen molar-refractivity contribution in [2.24, 2.45) is 11.1 Å². The lowest BCUT2D eigenvalue weighted by molar-refractivity contribution is 0.214. The molecule has 0 bridgehead atoms. The lowest BCUT2D eigenvalue weighted by Crippen LogP contribution is -2.37. The Kier molecular flexibility index (Phi) is 7.69. The normalized spacial score (nSPS) is 12.4. The molecular formula is C11H26N2S. The van der Waals surface area contributed by atoms with Crippen LogP contribution in [0.25, 0.3) is 0 Å². The van der Waals surface area contributed by atoms with Gasteiger partial charge in [-0.05, 0) is 50.4 Å². The monoisotopic (exact) mass is 218 g/mol. The first-order valence-electron chi connectivity index (χ1n) is 5.39. The highest BCUT2D eigenvalue weighted by Gasteiger charge is 2.17. The van der Waals surface area contributed by atoms with Crippen LogP contribution < -0.4 is 5.73 Å². The average Bonchev–Trinajstić information content (AvgIpc) is 2.12. The molecule has 86 valence electrons. The molecular weight excluding hydrogens is 192 g/mol. The van der Waals surface area contributed by atoms with E-state index in [0.29, 0.717) is 0 Å². The van der Waals surface area contributed by atoms with Crippen LogP contribution in [0.3, 0.4) is 0 Å². The maximum atomic E-state index is 5.70. The first-order chi connectivity index (χ1) is 6.52. The fourth-order valence-corrected chi connectivity index (χ4v) is 2.00. The first-order valence-corrected chi connectivity index (χ1v) is 6.79. The Morgan fingerprint density at radius 3 is 2.43 bits per heavy atom. The number of rotatable bonds is 8. The number of hydrogen-bond acceptors (Lipinski definition) is 3. The Morgan fingerprint density at radius 2 is 1.93 bits per heavy atom. The third-order valence-corrected chi connectivity index (χ3v) is 3.09. The van der Waals surface area contributed by atoms with E-state index >= 15 is 0 Å². The molecule has 0 amide bonds. The van der Waals surface area contributed by atoms with Gasteiger partial charge in [-0.15, -0.1) is 0 Å². The van der Waals surface area contributed by atoms with Crippen molar-refractivity contribution in [1.29, 1.82) is 0 Å². The first kappa shape index (κ1) is 14.3. The maximum absolute atomic E-state index is 5.70. The SMILES string of the molecule is CSCCCCN(C)CC(C)(C)CN. The topological polar surface area (TPSA) is 29.3 Å². The fourth-order valence-electron chi connectivity index (χ4n) is 1.50. The minimum Gasteiger partial charge on any atom is -0.330 e. The van der Waals surface area contributed by atoms with Crippen molar-refractivity contribution in [2.45, 2.75) is 26.7 Å². The van der Waals surface area contributed by atoms with Gasteiger partial charge in [-0.2, -0.15) is 11.8 Å². The summed E-state index contributed by atoms with van der Waals surface area (Å²) in [5, 5.41) is 0. The van der Waals surface area contributed by atoms with Crippen molar-refractivity contribution >= 4 is 11.8 Å². The summed E-state index contributed by atoms with van der Waals surface area (Å²) in [7, 11) is 2.19. The second-order valence-electron chi connectivity index (χ2n) is 4.81. The van der Waals surface area contributed by atoms with Crippen LogP contribution in [0.2, 0.25) is 0 Å². The number of nitrogens with two attached hydrogens (primary N) is 1. The second kappa shape index (κ2) is 7.55. The van der Waals surface area contributed by atoms with Crippen LogP contribution in [-0.4, -0.2) is 43.6 Å². The number of unbranched alkanes of at least 4 members (excludes halogenated alkanes) is 1. The molecule has 0 aliphatic heterocycles. The number of nitrogens with zero attached hydrogens (tertiary/aromatic N) is 1. The molecule has 2 N–H and O–H groups in total. The van der Waals surface area contributed by atoms with Gasteiger partial charge >= 0.3 is 0 Å². The van der Waals surface area contributed by atoms with E-state index in [1.807, 2.05) is 11.8 Å². The molecule has 14 heavy (non-hydrogen) atoms. The van der Waals surface area contributed by atoms with E-state index in [4.69, 9.17) is 5.73 Å². The molecule has 0 aliphatic rings. The van der Waals surface area contributed by atoms with Gasteiger partial charge in [0.1, 0.15) is 0 Å². The Bertz CT molecular complexity index is 137. The molecule has 0 saturated carbocycles. The van der Waals surface area contributed by atoms with E-state index in [2.05, 4.69) is 32.1 Å². The molecule has 0 radical (unpaired) electrons. The van der Waals surface area contributed by atoms with Crippen molar-refractivity contribution in [3.8, 4) is 0 Å². The highest BCUT2D eigenvalue weighted by molar-refractivity contribution is 7.98. The van der Waals surface area contributed by atoms with E-state index in [1.54, 1.807) is 0 Å². The van der Waals surface area contributed by atoms with E-state index < -0.39 is 0 Å². The van der Waals surface area contributed by atoms with Crippen LogP contribution in [0.4, 0.5) is 0 Å². The minimum atomic E-state index is 0.258. The van der Waals surface area contributed by atoms with Crippen molar-refractivity contribution in [3.63, 3.8) is 0 Å². The quantitative estimate of drug-likeness (QED) is 0.632. The molecule has 3 heteroatoms. The zero-order valence-electron chi connectivity index (χ0n) is 10.2. The lowest BCUT2D eigenvalue weighted by Gasteiger charge is -2.28. The summed E-state index contributed by atoms with van der Waals surface area (Å²) in [5.41, 5.74) is 5.96. The Morgan fingerprint density at radius 1 is 1.29 bits per heavy atom. The number of thioether (sulfide) groups is 1. The molecule has 0 spiro atoms. The van der Waals surface area contributed by atoms with Crippen LogP contribution in [0, 0.1) is 5.41 Å². The summed E-state index contributed by atoms with van der Waals surface area (Å²) < 4.78 is 0. The Balaban J connectivity index is 3.49. The van der Waals surface area contributed by atoms with Crippen molar-refractivity contribution in [1.82, 2.24) is 4.90 Å². The summed E-state index contributed by atoms with van der Waals surface area (Å²) in [6.45, 7) is 7.52. The molecule has 0 atom stereocenters. The maximum Gasteiger partial charge on any atom is 0.00417 e. The van der Waals surface area contributed by atoms with Crippen LogP contribution in [0.15, 0.2) is 0 Å². The predicted octanol–water partition coefficient (Wildman–Crippen LogP) is 2.05. The highest BCUT2D eigenvalue weighted by Crippen LogP contribution is 2.14. The van der Waals surface area contributed by atoms with E-state index in [0.717, 1.165) is 13.1 Å². The Hall–Kier alpha value is 0.270. The third kappa shape index (κ3) is 7.65. The van der Waals surface area contributed by atoms with Gasteiger partial charge in [0.2, 0.25) is 0 Å². The van der Waals surface area contributed by atoms with Gasteiger partial charge in [0, 0.05) is 6.54 Å². The molecule has 0 fully saturated rings. The molecule has 0 saturated heterocycles. The van der Waals surface area contributed by atoms with Crippen LogP contribution in [0.5, 0.6) is 0 Å². The minimum absolute atomic E-state index is 0.258. The van der Waals surface area contributed by atoms with Gasteiger partial charge in [0.25, 0.3) is 0 Å². The van der Waals surface area contributed by atoms with E-state index in [1.165, 1.54) is 25.1 Å². The van der Waals surface area contributed by atoms with Crippen molar-refractivity contribution in [2.75, 3.05) is 38.7 Å². The average molecular weight is 218 g/mol. The van der Waals surface area contributed by atoms with Crippen molar-refractivity contribution < 1.29 is 0 Å². The highest BCUT2D eigenvalue weighted by atomic mass is 32.2. The molecule has 0 heterocycles. The lowest BCUT2D eigenvalue weighted by atomic mass is 9.93. The number of hydrogen-bond donors (Lipinski definition) is 1. The fraction of sp³-hybridized carbons (Fsp3) is 1.00. The summed E-state index contributed by atoms with van der Waals surface area (Å²) in [6.07, 6.45) is 4.80. The molecule has 0 aromatic rings. The van der Waals surface area contributed by atoms with Crippen molar-refractivity contribution in [3.05, 3.63) is 0 Å². The molecule has 0 aliphatic carbocycles. The molecule has 2 nitrogen and oxygen atoms in total. The molecule has 0 unspecified atom stereocenters. The third-order valence-electron chi connectivity index (χ3n) is 2.39. The van der Waals surface area contributed by atoms with Crippen LogP contribution in [-0.2, 0) is 0 Å². The van der Waals surface area contributed by atoms with Crippen LogP contribution >= 0.6 is 11.8 Å². The zero-order chi connectivity index (χ0) is 11.0. The zero-order valence-corrected chi connectivity index (χ0v) is 11.0. The summed E-state index contributed by atoms with van der Waals surface area (Å²) in [5.74, 6) is 1.29. The second-order valence-corrected chi connectivity index (χ2v) is 5.79.